The third-order valence-corrected chi connectivity index (χ3v) is 4.51. The largest absolute Gasteiger partial charge is 0.491 e. The molecule has 1 N–H and O–H groups in total. The first-order valence-corrected chi connectivity index (χ1v) is 7.09. The minimum atomic E-state index is 0.248. The van der Waals surface area contributed by atoms with E-state index in [9.17, 15) is 0 Å². The molecule has 19 heavy (non-hydrogen) atoms. The molecule has 2 heterocycles. The zero-order valence-electron chi connectivity index (χ0n) is 11.0. The van der Waals surface area contributed by atoms with E-state index < -0.39 is 0 Å². The number of benzene rings is 1. The summed E-state index contributed by atoms with van der Waals surface area (Å²) in [5, 5.41) is 7.93. The summed E-state index contributed by atoms with van der Waals surface area (Å²) >= 11 is 3.59. The lowest BCUT2D eigenvalue weighted by Crippen LogP contribution is -2.23. The molecule has 3 rings (SSSR count). The lowest BCUT2D eigenvalue weighted by Gasteiger charge is -2.12. The molecule has 1 atom stereocenters. The van der Waals surface area contributed by atoms with Gasteiger partial charge in [0.2, 0.25) is 0 Å². The fourth-order valence-electron chi connectivity index (χ4n) is 2.42. The number of nitrogens with zero attached hydrogens (tertiary/aromatic N) is 2. The highest BCUT2D eigenvalue weighted by Gasteiger charge is 2.23. The van der Waals surface area contributed by atoms with E-state index >= 15 is 0 Å². The van der Waals surface area contributed by atoms with Gasteiger partial charge in [0.05, 0.1) is 21.9 Å². The summed E-state index contributed by atoms with van der Waals surface area (Å²) in [4.78, 5) is 0. The maximum Gasteiger partial charge on any atom is 0.124 e. The van der Waals surface area contributed by atoms with E-state index in [-0.39, 0.29) is 6.04 Å². The molecule has 0 saturated carbocycles. The Bertz CT molecular complexity index is 609. The minimum Gasteiger partial charge on any atom is -0.491 e. The molecule has 0 fully saturated rings. The van der Waals surface area contributed by atoms with Gasteiger partial charge in [0.25, 0.3) is 0 Å². The van der Waals surface area contributed by atoms with Crippen molar-refractivity contribution < 1.29 is 4.74 Å². The van der Waals surface area contributed by atoms with E-state index in [2.05, 4.69) is 32.4 Å². The van der Waals surface area contributed by atoms with Gasteiger partial charge in [-0.2, -0.15) is 5.10 Å². The SMILES string of the molecule is Cc1nn(C)c(CNC2COc3ccccc32)c1Br. The van der Waals surface area contributed by atoms with Crippen LogP contribution in [0.1, 0.15) is 23.0 Å². The summed E-state index contributed by atoms with van der Waals surface area (Å²) in [7, 11) is 1.97. The second-order valence-electron chi connectivity index (χ2n) is 4.75. The van der Waals surface area contributed by atoms with Crippen LogP contribution in [0.2, 0.25) is 0 Å². The van der Waals surface area contributed by atoms with Crippen molar-refractivity contribution in [3.05, 3.63) is 45.7 Å². The fourth-order valence-corrected chi connectivity index (χ4v) is 2.90. The van der Waals surface area contributed by atoms with Gasteiger partial charge in [-0.15, -0.1) is 0 Å². The monoisotopic (exact) mass is 321 g/mol. The molecule has 4 nitrogen and oxygen atoms in total. The van der Waals surface area contributed by atoms with E-state index in [1.54, 1.807) is 0 Å². The van der Waals surface area contributed by atoms with Crippen molar-refractivity contribution in [1.82, 2.24) is 15.1 Å². The lowest BCUT2D eigenvalue weighted by atomic mass is 10.1. The number of para-hydroxylation sites is 1. The van der Waals surface area contributed by atoms with E-state index in [1.165, 1.54) is 5.56 Å². The standard InChI is InChI=1S/C14H16BrN3O/c1-9-14(15)12(18(2)17-9)7-16-11-8-19-13-6-4-3-5-10(11)13/h3-6,11,16H,7-8H2,1-2H3. The van der Waals surface area contributed by atoms with E-state index in [0.717, 1.165) is 28.2 Å². The quantitative estimate of drug-likeness (QED) is 0.944. The van der Waals surface area contributed by atoms with Crippen LogP contribution in [0.3, 0.4) is 0 Å². The van der Waals surface area contributed by atoms with Crippen LogP contribution >= 0.6 is 15.9 Å². The number of hydrogen-bond acceptors (Lipinski definition) is 3. The van der Waals surface area contributed by atoms with Gasteiger partial charge in [-0.1, -0.05) is 18.2 Å². The molecule has 0 amide bonds. The third kappa shape index (κ3) is 2.28. The van der Waals surface area contributed by atoms with E-state index in [4.69, 9.17) is 4.74 Å². The molecule has 2 aromatic rings. The number of halogens is 1. The Morgan fingerprint density at radius 3 is 3.00 bits per heavy atom. The molecule has 0 aliphatic carbocycles. The van der Waals surface area contributed by atoms with Crippen LogP contribution in [0.5, 0.6) is 5.75 Å². The lowest BCUT2D eigenvalue weighted by molar-refractivity contribution is 0.309. The Morgan fingerprint density at radius 2 is 2.26 bits per heavy atom. The summed E-state index contributed by atoms with van der Waals surface area (Å²) in [5.41, 5.74) is 3.40. The number of hydrogen-bond donors (Lipinski definition) is 1. The number of fused-ring (bicyclic) bond motifs is 1. The van der Waals surface area contributed by atoms with Crippen LogP contribution in [-0.2, 0) is 13.6 Å². The van der Waals surface area contributed by atoms with Crippen molar-refractivity contribution >= 4 is 15.9 Å². The second-order valence-corrected chi connectivity index (χ2v) is 5.55. The molecule has 5 heteroatoms. The van der Waals surface area contributed by atoms with Crippen LogP contribution in [-0.4, -0.2) is 16.4 Å². The van der Waals surface area contributed by atoms with Crippen LogP contribution < -0.4 is 10.1 Å². The summed E-state index contributed by atoms with van der Waals surface area (Å²) in [5.74, 6) is 0.986. The zero-order chi connectivity index (χ0) is 13.4. The van der Waals surface area contributed by atoms with Gasteiger partial charge >= 0.3 is 0 Å². The highest BCUT2D eigenvalue weighted by atomic mass is 79.9. The minimum absolute atomic E-state index is 0.248. The molecule has 1 aliphatic heterocycles. The van der Waals surface area contributed by atoms with Gasteiger partial charge in [0.1, 0.15) is 12.4 Å². The molecule has 0 bridgehead atoms. The first-order valence-electron chi connectivity index (χ1n) is 6.30. The number of ether oxygens (including phenoxy) is 1. The van der Waals surface area contributed by atoms with Crippen LogP contribution in [0.25, 0.3) is 0 Å². The third-order valence-electron chi connectivity index (χ3n) is 3.48. The topological polar surface area (TPSA) is 39.1 Å². The Hall–Kier alpha value is -1.33. The van der Waals surface area contributed by atoms with Crippen molar-refractivity contribution in [2.45, 2.75) is 19.5 Å². The molecular formula is C14H16BrN3O. The smallest absolute Gasteiger partial charge is 0.124 e. The average molecular weight is 322 g/mol. The van der Waals surface area contributed by atoms with Crippen molar-refractivity contribution in [3.8, 4) is 5.75 Å². The number of rotatable bonds is 3. The molecule has 1 aromatic carbocycles. The van der Waals surface area contributed by atoms with Crippen molar-refractivity contribution in [2.24, 2.45) is 7.05 Å². The van der Waals surface area contributed by atoms with E-state index in [0.29, 0.717) is 6.61 Å². The Morgan fingerprint density at radius 1 is 1.47 bits per heavy atom. The Balaban J connectivity index is 1.74. The van der Waals surface area contributed by atoms with Gasteiger partial charge in [-0.3, -0.25) is 4.68 Å². The van der Waals surface area contributed by atoms with Crippen molar-refractivity contribution in [2.75, 3.05) is 6.61 Å². The summed E-state index contributed by atoms with van der Waals surface area (Å²) in [6.45, 7) is 3.45. The van der Waals surface area contributed by atoms with Crippen LogP contribution in [0.4, 0.5) is 0 Å². The average Bonchev–Trinajstić information content (AvgIpc) is 2.91. The maximum atomic E-state index is 5.67. The molecule has 0 spiro atoms. The predicted octanol–water partition coefficient (Wildman–Crippen LogP) is 2.71. The summed E-state index contributed by atoms with van der Waals surface area (Å²) < 4.78 is 8.66. The van der Waals surface area contributed by atoms with Crippen LogP contribution in [0, 0.1) is 6.92 Å². The fraction of sp³-hybridized carbons (Fsp3) is 0.357. The summed E-state index contributed by atoms with van der Waals surface area (Å²) in [6, 6.07) is 8.43. The van der Waals surface area contributed by atoms with Crippen molar-refractivity contribution in [3.63, 3.8) is 0 Å². The molecule has 100 valence electrons. The van der Waals surface area contributed by atoms with E-state index in [1.807, 2.05) is 36.9 Å². The maximum absolute atomic E-state index is 5.67. The van der Waals surface area contributed by atoms with Crippen molar-refractivity contribution in [1.29, 1.82) is 0 Å². The number of aromatic nitrogens is 2. The zero-order valence-corrected chi connectivity index (χ0v) is 12.6. The molecule has 0 saturated heterocycles. The first kappa shape index (κ1) is 12.7. The number of nitrogens with one attached hydrogen (secondary N) is 1. The highest BCUT2D eigenvalue weighted by molar-refractivity contribution is 9.10. The van der Waals surface area contributed by atoms with Gasteiger partial charge in [0.15, 0.2) is 0 Å². The first-order chi connectivity index (χ1) is 9.16. The summed E-state index contributed by atoms with van der Waals surface area (Å²) in [6.07, 6.45) is 0. The predicted molar refractivity (Wildman–Crippen MR) is 77.2 cm³/mol. The Labute approximate surface area is 120 Å². The van der Waals surface area contributed by atoms with Gasteiger partial charge < -0.3 is 10.1 Å². The van der Waals surface area contributed by atoms with Crippen LogP contribution in [0.15, 0.2) is 28.7 Å². The second kappa shape index (κ2) is 4.98. The van der Waals surface area contributed by atoms with Gasteiger partial charge in [0, 0.05) is 19.2 Å². The van der Waals surface area contributed by atoms with Gasteiger partial charge in [-0.25, -0.2) is 0 Å². The normalized spacial score (nSPS) is 17.3. The molecular weight excluding hydrogens is 306 g/mol. The van der Waals surface area contributed by atoms with Gasteiger partial charge in [-0.05, 0) is 28.9 Å². The number of aryl methyl sites for hydroxylation is 2. The molecule has 1 unspecified atom stereocenters. The molecule has 1 aliphatic rings. The Kier molecular flexibility index (Phi) is 3.33. The highest BCUT2D eigenvalue weighted by Crippen LogP contribution is 2.32. The molecule has 0 radical (unpaired) electrons. The molecule has 1 aromatic heterocycles.